The molecule has 0 aromatic rings. The average Bonchev–Trinajstić information content (AvgIpc) is 0.958. The van der Waals surface area contributed by atoms with Gasteiger partial charge in [0, 0.05) is 25.7 Å². The monoisotopic (exact) mass is 1470 g/mol. The van der Waals surface area contributed by atoms with Crippen molar-refractivity contribution >= 4 is 39.5 Å². The first-order valence-electron chi connectivity index (χ1n) is 41.8. The maximum Gasteiger partial charge on any atom is 0.472 e. The van der Waals surface area contributed by atoms with E-state index in [1.54, 1.807) is 0 Å². The topological polar surface area (TPSA) is 237 Å². The SMILES string of the molecule is CCCCCCCCCCCCCC(=O)OC[C@H](COP(=O)(O)OC[C@H](O)COP(=O)(O)OC[C@@H](COC(=O)CCCCCCCCCCCCCCCCCC(C)C)OC(=O)CCCCCCCCCCCCCCCCCC(C)C)OC(=O)CCCCCCCCCCCCC(C)C. The van der Waals surface area contributed by atoms with Gasteiger partial charge in [-0.15, -0.1) is 0 Å². The van der Waals surface area contributed by atoms with Crippen LogP contribution in [0.5, 0.6) is 0 Å². The number of aliphatic hydroxyl groups is 1. The lowest BCUT2D eigenvalue weighted by molar-refractivity contribution is -0.161. The predicted octanol–water partition coefficient (Wildman–Crippen LogP) is 24.1. The first kappa shape index (κ1) is 98.1. The maximum atomic E-state index is 13.1. The van der Waals surface area contributed by atoms with E-state index in [1.165, 1.54) is 231 Å². The number of carbonyl (C=O) groups is 4. The zero-order valence-corrected chi connectivity index (χ0v) is 67.5. The standard InChI is InChI=1S/C81H158O17P2/c1-8-9-10-11-12-13-24-34-41-48-55-62-78(83)91-68-77(98-81(86)65-58-51-44-37-30-29-33-40-47-54-61-74(6)7)71-96-100(89,90)94-67-75(82)66-93-99(87,88)95-70-76(97-80(85)64-57-50-43-36-28-23-19-15-17-21-26-32-39-46-53-60-73(4)5)69-92-79(84)63-56-49-42-35-27-22-18-14-16-20-25-31-38-45-52-59-72(2)3/h72-77,82H,8-71H2,1-7H3,(H,87,88)(H,89,90)/t75-,76-,77-/m1/s1. The summed E-state index contributed by atoms with van der Waals surface area (Å²) in [5, 5.41) is 10.6. The summed E-state index contributed by atoms with van der Waals surface area (Å²) >= 11 is 0. The molecule has 0 aromatic heterocycles. The number of esters is 4. The Bertz CT molecular complexity index is 1940. The van der Waals surface area contributed by atoms with Crippen LogP contribution in [-0.2, 0) is 65.4 Å². The molecule has 3 N–H and O–H groups in total. The Hall–Kier alpha value is -1.94. The van der Waals surface area contributed by atoms with Gasteiger partial charge in [0.2, 0.25) is 0 Å². The molecule has 0 spiro atoms. The minimum atomic E-state index is -4.96. The van der Waals surface area contributed by atoms with E-state index in [-0.39, 0.29) is 25.7 Å². The molecule has 100 heavy (non-hydrogen) atoms. The van der Waals surface area contributed by atoms with Gasteiger partial charge in [0.15, 0.2) is 12.2 Å². The molecule has 0 radical (unpaired) electrons. The van der Waals surface area contributed by atoms with Crippen LogP contribution in [0, 0.1) is 17.8 Å². The van der Waals surface area contributed by atoms with Gasteiger partial charge >= 0.3 is 39.5 Å². The van der Waals surface area contributed by atoms with Crippen molar-refractivity contribution in [1.29, 1.82) is 0 Å². The molecule has 0 fully saturated rings. The smallest absolute Gasteiger partial charge is 0.462 e. The van der Waals surface area contributed by atoms with E-state index in [4.69, 9.17) is 37.0 Å². The molecule has 2 unspecified atom stereocenters. The van der Waals surface area contributed by atoms with Crippen molar-refractivity contribution in [1.82, 2.24) is 0 Å². The Morgan fingerprint density at radius 3 is 0.680 bits per heavy atom. The van der Waals surface area contributed by atoms with E-state index in [9.17, 15) is 43.2 Å². The highest BCUT2D eigenvalue weighted by Crippen LogP contribution is 2.45. The number of rotatable bonds is 79. The molecular formula is C81H158O17P2. The van der Waals surface area contributed by atoms with Crippen LogP contribution in [0.3, 0.4) is 0 Å². The van der Waals surface area contributed by atoms with Crippen LogP contribution in [0.2, 0.25) is 0 Å². The summed E-state index contributed by atoms with van der Waals surface area (Å²) in [5.74, 6) is 0.251. The third-order valence-corrected chi connectivity index (χ3v) is 20.8. The average molecular weight is 1470 g/mol. The van der Waals surface area contributed by atoms with Crippen LogP contribution >= 0.6 is 15.6 Å². The molecule has 5 atom stereocenters. The molecule has 17 nitrogen and oxygen atoms in total. The van der Waals surface area contributed by atoms with E-state index in [0.29, 0.717) is 25.7 Å². The number of ether oxygens (including phenoxy) is 4. The van der Waals surface area contributed by atoms with E-state index in [0.717, 1.165) is 108 Å². The summed E-state index contributed by atoms with van der Waals surface area (Å²) in [6.45, 7) is 12.0. The van der Waals surface area contributed by atoms with Gasteiger partial charge in [-0.2, -0.15) is 0 Å². The Kier molecular flexibility index (Phi) is 69.9. The molecule has 0 aliphatic carbocycles. The molecular weight excluding hydrogens is 1310 g/mol. The molecule has 0 rings (SSSR count). The van der Waals surface area contributed by atoms with Crippen LogP contribution in [-0.4, -0.2) is 96.7 Å². The molecule has 0 aromatic carbocycles. The second kappa shape index (κ2) is 71.3. The van der Waals surface area contributed by atoms with Crippen molar-refractivity contribution in [3.63, 3.8) is 0 Å². The van der Waals surface area contributed by atoms with Crippen LogP contribution in [0.15, 0.2) is 0 Å². The molecule has 0 saturated heterocycles. The highest BCUT2D eigenvalue weighted by atomic mass is 31.2. The number of unbranched alkanes of at least 4 members (excludes halogenated alkanes) is 47. The minimum Gasteiger partial charge on any atom is -0.462 e. The van der Waals surface area contributed by atoms with Gasteiger partial charge in [0.05, 0.1) is 26.4 Å². The second-order valence-corrected chi connectivity index (χ2v) is 33.5. The number of hydrogen-bond acceptors (Lipinski definition) is 15. The molecule has 0 saturated carbocycles. The summed E-state index contributed by atoms with van der Waals surface area (Å²) in [6, 6.07) is 0. The zero-order chi connectivity index (χ0) is 73.7. The third-order valence-electron chi connectivity index (χ3n) is 18.9. The molecule has 0 bridgehead atoms. The summed E-state index contributed by atoms with van der Waals surface area (Å²) in [7, 11) is -9.92. The number of phosphoric acid groups is 2. The van der Waals surface area contributed by atoms with Crippen molar-refractivity contribution in [3.8, 4) is 0 Å². The first-order valence-corrected chi connectivity index (χ1v) is 44.8. The fourth-order valence-corrected chi connectivity index (χ4v) is 14.1. The van der Waals surface area contributed by atoms with Gasteiger partial charge in [0.1, 0.15) is 19.3 Å². The number of phosphoric ester groups is 2. The Balaban J connectivity index is 5.25. The maximum absolute atomic E-state index is 13.1. The molecule has 0 aliphatic rings. The first-order chi connectivity index (χ1) is 48.2. The van der Waals surface area contributed by atoms with Crippen LogP contribution in [0.4, 0.5) is 0 Å². The van der Waals surface area contributed by atoms with E-state index in [1.807, 2.05) is 0 Å². The lowest BCUT2D eigenvalue weighted by atomic mass is 10.0. The van der Waals surface area contributed by atoms with Crippen molar-refractivity contribution < 1.29 is 80.2 Å². The van der Waals surface area contributed by atoms with Crippen LogP contribution in [0.25, 0.3) is 0 Å². The molecule has 19 heteroatoms. The lowest BCUT2D eigenvalue weighted by Gasteiger charge is -2.21. The highest BCUT2D eigenvalue weighted by Gasteiger charge is 2.30. The van der Waals surface area contributed by atoms with Gasteiger partial charge < -0.3 is 33.8 Å². The summed E-state index contributed by atoms with van der Waals surface area (Å²) in [6.07, 6.45) is 59.6. The fraction of sp³-hybridized carbons (Fsp3) is 0.951. The van der Waals surface area contributed by atoms with Crippen molar-refractivity contribution in [2.45, 2.75) is 439 Å². The van der Waals surface area contributed by atoms with Crippen molar-refractivity contribution in [3.05, 3.63) is 0 Å². The molecule has 0 aliphatic heterocycles. The second-order valence-electron chi connectivity index (χ2n) is 30.6. The normalized spacial score (nSPS) is 14.0. The van der Waals surface area contributed by atoms with Crippen molar-refractivity contribution in [2.24, 2.45) is 17.8 Å². The molecule has 594 valence electrons. The largest absolute Gasteiger partial charge is 0.472 e. The quantitative estimate of drug-likeness (QED) is 0.0222. The van der Waals surface area contributed by atoms with E-state index in [2.05, 4.69) is 48.5 Å². The Morgan fingerprint density at radius 1 is 0.270 bits per heavy atom. The number of carbonyl (C=O) groups excluding carboxylic acids is 4. The fourth-order valence-electron chi connectivity index (χ4n) is 12.5. The lowest BCUT2D eigenvalue weighted by Crippen LogP contribution is -2.30. The van der Waals surface area contributed by atoms with Gasteiger partial charge in [-0.3, -0.25) is 37.3 Å². The minimum absolute atomic E-state index is 0.106. The van der Waals surface area contributed by atoms with Gasteiger partial charge in [-0.1, -0.05) is 370 Å². The molecule has 0 amide bonds. The van der Waals surface area contributed by atoms with Gasteiger partial charge in [-0.25, -0.2) is 9.13 Å². The zero-order valence-electron chi connectivity index (χ0n) is 65.7. The highest BCUT2D eigenvalue weighted by molar-refractivity contribution is 7.47. The number of aliphatic hydroxyl groups excluding tert-OH is 1. The van der Waals surface area contributed by atoms with E-state index < -0.39 is 97.5 Å². The van der Waals surface area contributed by atoms with E-state index >= 15 is 0 Å². The van der Waals surface area contributed by atoms with Gasteiger partial charge in [0.25, 0.3) is 0 Å². The number of hydrogen-bond donors (Lipinski definition) is 3. The Labute approximate surface area is 613 Å². The summed E-state index contributed by atoms with van der Waals surface area (Å²) in [5.41, 5.74) is 0. The Morgan fingerprint density at radius 2 is 0.460 bits per heavy atom. The molecule has 0 heterocycles. The van der Waals surface area contributed by atoms with Crippen LogP contribution in [0.1, 0.15) is 421 Å². The van der Waals surface area contributed by atoms with Crippen molar-refractivity contribution in [2.75, 3.05) is 39.6 Å². The van der Waals surface area contributed by atoms with Crippen LogP contribution < -0.4 is 0 Å². The summed E-state index contributed by atoms with van der Waals surface area (Å²) in [4.78, 5) is 73.0. The third kappa shape index (κ3) is 74.3. The summed E-state index contributed by atoms with van der Waals surface area (Å²) < 4.78 is 68.7. The van der Waals surface area contributed by atoms with Gasteiger partial charge in [-0.05, 0) is 43.4 Å². The predicted molar refractivity (Wildman–Crippen MR) is 409 cm³/mol.